The SMILES string of the molecule is O=[N+]([O-])c1ccc(Cn2nnc(-c3cnn(-c4ccc(F)cc4)c3SSc3c(-c4nnn(Cc5ccc([N+](=O)[O-])cc5)n4)cnn3-c3ccc(F)cc3)n2)cc1. The molecule has 0 saturated heterocycles. The van der Waals surface area contributed by atoms with E-state index in [2.05, 4.69) is 41.0 Å². The van der Waals surface area contributed by atoms with Gasteiger partial charge in [0.25, 0.3) is 11.4 Å². The maximum absolute atomic E-state index is 14.0. The van der Waals surface area contributed by atoms with Gasteiger partial charge >= 0.3 is 0 Å². The summed E-state index contributed by atoms with van der Waals surface area (Å²) in [5, 5.41) is 58.4. The molecule has 0 unspecified atom stereocenters. The quantitative estimate of drug-likeness (QED) is 0.0708. The summed E-state index contributed by atoms with van der Waals surface area (Å²) in [5.41, 5.74) is 3.41. The van der Waals surface area contributed by atoms with Crippen molar-refractivity contribution in [1.82, 2.24) is 60.0 Å². The van der Waals surface area contributed by atoms with E-state index in [1.165, 1.54) is 79.7 Å². The number of nitrogens with zero attached hydrogens (tertiary/aromatic N) is 14. The van der Waals surface area contributed by atoms with Gasteiger partial charge in [-0.05, 0) is 91.7 Å². The lowest BCUT2D eigenvalue weighted by atomic mass is 10.2. The minimum Gasteiger partial charge on any atom is -0.258 e. The summed E-state index contributed by atoms with van der Waals surface area (Å²) in [4.78, 5) is 23.9. The third-order valence-electron chi connectivity index (χ3n) is 8.12. The van der Waals surface area contributed by atoms with Crippen LogP contribution in [0.1, 0.15) is 11.1 Å². The lowest BCUT2D eigenvalue weighted by Gasteiger charge is -2.11. The second-order valence-electron chi connectivity index (χ2n) is 11.8. The van der Waals surface area contributed by atoms with Gasteiger partial charge in [-0.1, -0.05) is 24.3 Å². The summed E-state index contributed by atoms with van der Waals surface area (Å²) in [6.45, 7) is 0.374. The first kappa shape index (κ1) is 35.8. The minimum atomic E-state index is -0.480. The molecular weight excluding hydrogens is 771 g/mol. The molecule has 56 heavy (non-hydrogen) atoms. The monoisotopic (exact) mass is 792 g/mol. The van der Waals surface area contributed by atoms with Crippen LogP contribution in [0, 0.1) is 31.9 Å². The van der Waals surface area contributed by atoms with E-state index in [4.69, 9.17) is 0 Å². The summed E-state index contributed by atoms with van der Waals surface area (Å²) in [7, 11) is 2.51. The predicted octanol–water partition coefficient (Wildman–Crippen LogP) is 6.36. The molecule has 0 atom stereocenters. The number of rotatable bonds is 13. The van der Waals surface area contributed by atoms with Gasteiger partial charge in [-0.3, -0.25) is 20.2 Å². The van der Waals surface area contributed by atoms with Crippen LogP contribution in [0.2, 0.25) is 0 Å². The van der Waals surface area contributed by atoms with Crippen LogP contribution in [0.25, 0.3) is 34.2 Å². The molecule has 22 heteroatoms. The molecule has 4 aromatic carbocycles. The topological polar surface area (TPSA) is 209 Å². The number of benzene rings is 4. The van der Waals surface area contributed by atoms with E-state index in [0.717, 1.165) is 0 Å². The zero-order chi connectivity index (χ0) is 38.8. The van der Waals surface area contributed by atoms with Crippen molar-refractivity contribution in [2.75, 3.05) is 0 Å². The molecule has 0 aliphatic carbocycles. The normalized spacial score (nSPS) is 11.2. The van der Waals surface area contributed by atoms with Gasteiger partial charge in [0.2, 0.25) is 11.6 Å². The van der Waals surface area contributed by atoms with Crippen molar-refractivity contribution >= 4 is 33.0 Å². The fourth-order valence-corrected chi connectivity index (χ4v) is 7.87. The minimum absolute atomic E-state index is 0.0417. The maximum atomic E-state index is 14.0. The zero-order valence-electron chi connectivity index (χ0n) is 28.3. The van der Waals surface area contributed by atoms with E-state index >= 15 is 0 Å². The average molecular weight is 793 g/mol. The molecule has 0 amide bonds. The first-order chi connectivity index (χ1) is 27.2. The van der Waals surface area contributed by atoms with Crippen LogP contribution < -0.4 is 0 Å². The van der Waals surface area contributed by atoms with Gasteiger partial charge in [0.15, 0.2) is 0 Å². The van der Waals surface area contributed by atoms with Crippen LogP contribution in [0.5, 0.6) is 0 Å². The maximum Gasteiger partial charge on any atom is 0.269 e. The van der Waals surface area contributed by atoms with Gasteiger partial charge in [0.1, 0.15) is 21.7 Å². The fourth-order valence-electron chi connectivity index (χ4n) is 5.36. The van der Waals surface area contributed by atoms with E-state index in [-0.39, 0.29) is 36.1 Å². The van der Waals surface area contributed by atoms with Gasteiger partial charge in [0, 0.05) is 24.3 Å². The second kappa shape index (κ2) is 15.3. The number of hydrogen-bond donors (Lipinski definition) is 0. The van der Waals surface area contributed by atoms with E-state index in [1.54, 1.807) is 70.3 Å². The fraction of sp³-hybridized carbons (Fsp3) is 0.0588. The van der Waals surface area contributed by atoms with Gasteiger partial charge in [-0.25, -0.2) is 18.1 Å². The Balaban J connectivity index is 1.13. The van der Waals surface area contributed by atoms with Crippen LogP contribution in [0.3, 0.4) is 0 Å². The Morgan fingerprint density at radius 3 is 1.29 bits per heavy atom. The van der Waals surface area contributed by atoms with Crippen LogP contribution in [0.4, 0.5) is 20.2 Å². The smallest absolute Gasteiger partial charge is 0.258 e. The van der Waals surface area contributed by atoms with E-state index in [9.17, 15) is 29.0 Å². The highest BCUT2D eigenvalue weighted by Gasteiger charge is 2.24. The van der Waals surface area contributed by atoms with Crippen LogP contribution in [-0.4, -0.2) is 69.8 Å². The van der Waals surface area contributed by atoms with E-state index in [1.807, 2.05) is 0 Å². The number of hydrogen-bond acceptors (Lipinski definition) is 14. The number of aromatic nitrogens is 12. The lowest BCUT2D eigenvalue weighted by molar-refractivity contribution is -0.385. The van der Waals surface area contributed by atoms with Gasteiger partial charge in [-0.15, -0.1) is 20.4 Å². The molecule has 18 nitrogen and oxygen atoms in total. The number of non-ortho nitro benzene ring substituents is 2. The van der Waals surface area contributed by atoms with Crippen LogP contribution in [-0.2, 0) is 13.1 Å². The molecule has 0 spiro atoms. The van der Waals surface area contributed by atoms with Crippen molar-refractivity contribution in [3.05, 3.63) is 152 Å². The van der Waals surface area contributed by atoms with Crippen LogP contribution in [0.15, 0.2) is 120 Å². The predicted molar refractivity (Wildman–Crippen MR) is 197 cm³/mol. The molecule has 8 aromatic rings. The Hall–Kier alpha value is -7.20. The first-order valence-corrected chi connectivity index (χ1v) is 18.4. The summed E-state index contributed by atoms with van der Waals surface area (Å²) >= 11 is 0. The Morgan fingerprint density at radius 1 is 0.554 bits per heavy atom. The van der Waals surface area contributed by atoms with Crippen molar-refractivity contribution in [2.45, 2.75) is 23.1 Å². The van der Waals surface area contributed by atoms with Crippen molar-refractivity contribution in [3.8, 4) is 34.2 Å². The molecule has 0 radical (unpaired) electrons. The highest BCUT2D eigenvalue weighted by atomic mass is 33.1. The lowest BCUT2D eigenvalue weighted by Crippen LogP contribution is -2.04. The second-order valence-corrected chi connectivity index (χ2v) is 13.9. The van der Waals surface area contributed by atoms with Crippen molar-refractivity contribution in [3.63, 3.8) is 0 Å². The highest BCUT2D eigenvalue weighted by molar-refractivity contribution is 8.76. The average Bonchev–Trinajstić information content (AvgIpc) is 4.02. The molecule has 4 heterocycles. The molecule has 0 saturated carbocycles. The standard InChI is InChI=1S/C34H22F2N14O4S2/c35-23-5-13-25(14-6-23)47-33(29(17-37-47)31-39-43-45(41-31)19-21-1-9-27(10-2-21)49(51)52)55-56-34-30(18-38-48(34)26-15-7-24(36)8-16-26)32-40-44-46(42-32)20-22-3-11-28(12-4-22)50(53)54/h1-18H,19-20H2. The molecule has 8 rings (SSSR count). The van der Waals surface area contributed by atoms with Crippen molar-refractivity contribution in [2.24, 2.45) is 0 Å². The number of tetrazole rings is 2. The summed E-state index contributed by atoms with van der Waals surface area (Å²) < 4.78 is 31.1. The van der Waals surface area contributed by atoms with Gasteiger partial charge in [0.05, 0.1) is 57.8 Å². The number of nitro benzene ring substituents is 2. The molecular formula is C34H22F2N14O4S2. The Morgan fingerprint density at radius 2 is 0.929 bits per heavy atom. The molecule has 0 bridgehead atoms. The molecule has 0 fully saturated rings. The Bertz CT molecular complexity index is 2500. The Labute approximate surface area is 320 Å². The molecule has 0 N–H and O–H groups in total. The summed E-state index contributed by atoms with van der Waals surface area (Å²) in [5.74, 6) is -0.400. The van der Waals surface area contributed by atoms with Gasteiger partial charge < -0.3 is 0 Å². The molecule has 0 aliphatic heterocycles. The van der Waals surface area contributed by atoms with Crippen LogP contribution >= 0.6 is 21.6 Å². The summed E-state index contributed by atoms with van der Waals surface area (Å²) in [6.07, 6.45) is 3.12. The molecule has 0 aliphatic rings. The number of nitro groups is 2. The highest BCUT2D eigenvalue weighted by Crippen LogP contribution is 2.45. The van der Waals surface area contributed by atoms with Crippen molar-refractivity contribution < 1.29 is 18.6 Å². The molecule has 278 valence electrons. The Kier molecular flexibility index (Phi) is 9.77. The van der Waals surface area contributed by atoms with E-state index < -0.39 is 21.5 Å². The third-order valence-corrected chi connectivity index (χ3v) is 10.5. The van der Waals surface area contributed by atoms with Crippen molar-refractivity contribution in [1.29, 1.82) is 0 Å². The zero-order valence-corrected chi connectivity index (χ0v) is 29.9. The summed E-state index contributed by atoms with van der Waals surface area (Å²) in [6, 6.07) is 23.5. The van der Waals surface area contributed by atoms with E-state index in [0.29, 0.717) is 43.7 Å². The van der Waals surface area contributed by atoms with Gasteiger partial charge in [-0.2, -0.15) is 19.8 Å². The molecule has 4 aromatic heterocycles. The first-order valence-electron chi connectivity index (χ1n) is 16.2. The third kappa shape index (κ3) is 7.58. The largest absolute Gasteiger partial charge is 0.269 e. The number of halogens is 2.